The minimum atomic E-state index is -0.387. The Hall–Kier alpha value is -0.550. The lowest BCUT2D eigenvalue weighted by Gasteiger charge is -2.08. The van der Waals surface area contributed by atoms with Crippen LogP contribution in [0.4, 0.5) is 10.1 Å². The Labute approximate surface area is 102 Å². The van der Waals surface area contributed by atoms with E-state index in [1.165, 1.54) is 6.07 Å². The number of carbonyl (C=O) groups is 1. The molecule has 82 valence electrons. The molecule has 0 fully saturated rings. The maximum atomic E-state index is 13.2. The van der Waals surface area contributed by atoms with Crippen LogP contribution in [0.3, 0.4) is 0 Å². The fourth-order valence-corrected chi connectivity index (χ4v) is 1.76. The lowest BCUT2D eigenvalue weighted by molar-refractivity contribution is -0.115. The molecule has 5 heteroatoms. The first kappa shape index (κ1) is 12.5. The Morgan fingerprint density at radius 1 is 1.60 bits per heavy atom. The molecule has 0 unspecified atom stereocenters. The van der Waals surface area contributed by atoms with Gasteiger partial charge in [0.05, 0.1) is 4.47 Å². The lowest BCUT2D eigenvalue weighted by atomic mass is 10.2. The van der Waals surface area contributed by atoms with Crippen LogP contribution in [0.1, 0.15) is 12.0 Å². The zero-order valence-corrected chi connectivity index (χ0v) is 10.7. The summed E-state index contributed by atoms with van der Waals surface area (Å²) < 4.78 is 13.6. The molecule has 0 aliphatic carbocycles. The number of carbonyl (C=O) groups excluding carboxylic acids is 1. The van der Waals surface area contributed by atoms with Gasteiger partial charge in [-0.1, -0.05) is 0 Å². The third-order valence-electron chi connectivity index (χ3n) is 1.88. The SMILES string of the molecule is Cc1cc(Br)c(F)cc1NC(=O)CCS. The van der Waals surface area contributed by atoms with Crippen molar-refractivity contribution in [1.82, 2.24) is 0 Å². The number of thiol groups is 1. The van der Waals surface area contributed by atoms with E-state index in [1.807, 2.05) is 0 Å². The third kappa shape index (κ3) is 3.50. The van der Waals surface area contributed by atoms with Gasteiger partial charge in [0.15, 0.2) is 0 Å². The van der Waals surface area contributed by atoms with E-state index in [0.29, 0.717) is 22.3 Å². The summed E-state index contributed by atoms with van der Waals surface area (Å²) in [4.78, 5) is 11.3. The van der Waals surface area contributed by atoms with Crippen LogP contribution in [-0.4, -0.2) is 11.7 Å². The second-order valence-corrected chi connectivity index (χ2v) is 4.40. The first-order valence-corrected chi connectivity index (χ1v) is 5.83. The summed E-state index contributed by atoms with van der Waals surface area (Å²) in [6.45, 7) is 1.81. The quantitative estimate of drug-likeness (QED) is 0.823. The minimum Gasteiger partial charge on any atom is -0.326 e. The number of hydrogen-bond donors (Lipinski definition) is 2. The van der Waals surface area contributed by atoms with Crippen molar-refractivity contribution in [1.29, 1.82) is 0 Å². The molecular formula is C10H11BrFNOS. The van der Waals surface area contributed by atoms with Gasteiger partial charge in [-0.25, -0.2) is 4.39 Å². The average Bonchev–Trinajstić information content (AvgIpc) is 2.14. The van der Waals surface area contributed by atoms with Crippen LogP contribution in [0.25, 0.3) is 0 Å². The highest BCUT2D eigenvalue weighted by atomic mass is 79.9. The van der Waals surface area contributed by atoms with Gasteiger partial charge in [0.25, 0.3) is 0 Å². The number of benzene rings is 1. The van der Waals surface area contributed by atoms with Crippen LogP contribution in [-0.2, 0) is 4.79 Å². The Balaban J connectivity index is 2.86. The van der Waals surface area contributed by atoms with Crippen LogP contribution in [0.2, 0.25) is 0 Å². The molecule has 0 atom stereocenters. The monoisotopic (exact) mass is 291 g/mol. The standard InChI is InChI=1S/C10H11BrFNOS/c1-6-4-7(11)8(12)5-9(6)13-10(14)2-3-15/h4-5,15H,2-3H2,1H3,(H,13,14). The molecule has 0 bridgehead atoms. The zero-order valence-electron chi connectivity index (χ0n) is 8.18. The fourth-order valence-electron chi connectivity index (χ4n) is 1.10. The van der Waals surface area contributed by atoms with Crippen molar-refractivity contribution in [3.05, 3.63) is 28.0 Å². The smallest absolute Gasteiger partial charge is 0.225 e. The molecule has 1 amide bonds. The maximum absolute atomic E-state index is 13.2. The number of hydrogen-bond acceptors (Lipinski definition) is 2. The molecule has 1 aromatic rings. The molecule has 2 nitrogen and oxygen atoms in total. The molecule has 0 heterocycles. The molecular weight excluding hydrogens is 281 g/mol. The summed E-state index contributed by atoms with van der Waals surface area (Å²) in [5.74, 6) is -0.0687. The van der Waals surface area contributed by atoms with E-state index >= 15 is 0 Å². The minimum absolute atomic E-state index is 0.158. The van der Waals surface area contributed by atoms with Crippen molar-refractivity contribution in [2.75, 3.05) is 11.1 Å². The highest BCUT2D eigenvalue weighted by Gasteiger charge is 2.07. The molecule has 0 saturated heterocycles. The highest BCUT2D eigenvalue weighted by Crippen LogP contribution is 2.23. The average molecular weight is 292 g/mol. The van der Waals surface area contributed by atoms with Gasteiger partial charge in [-0.15, -0.1) is 0 Å². The summed E-state index contributed by atoms with van der Waals surface area (Å²) in [6, 6.07) is 2.93. The molecule has 1 aromatic carbocycles. The third-order valence-corrected chi connectivity index (χ3v) is 2.71. The van der Waals surface area contributed by atoms with E-state index < -0.39 is 0 Å². The van der Waals surface area contributed by atoms with Crippen molar-refractivity contribution in [3.63, 3.8) is 0 Å². The number of rotatable bonds is 3. The summed E-state index contributed by atoms with van der Waals surface area (Å²) >= 11 is 7.02. The zero-order chi connectivity index (χ0) is 11.4. The first-order valence-electron chi connectivity index (χ1n) is 4.41. The van der Waals surface area contributed by atoms with Gasteiger partial charge in [-0.3, -0.25) is 4.79 Å². The molecule has 0 spiro atoms. The van der Waals surface area contributed by atoms with Crippen molar-refractivity contribution < 1.29 is 9.18 Å². The summed E-state index contributed by atoms with van der Waals surface area (Å²) in [5.41, 5.74) is 1.32. The molecule has 0 radical (unpaired) electrons. The van der Waals surface area contributed by atoms with Gasteiger partial charge >= 0.3 is 0 Å². The second kappa shape index (κ2) is 5.51. The number of anilines is 1. The largest absolute Gasteiger partial charge is 0.326 e. The highest BCUT2D eigenvalue weighted by molar-refractivity contribution is 9.10. The molecule has 0 saturated carbocycles. The molecule has 0 aromatic heterocycles. The van der Waals surface area contributed by atoms with Crippen molar-refractivity contribution >= 4 is 40.2 Å². The lowest BCUT2D eigenvalue weighted by Crippen LogP contribution is -2.12. The topological polar surface area (TPSA) is 29.1 Å². The Kier molecular flexibility index (Phi) is 4.60. The molecule has 1 N–H and O–H groups in total. The van der Waals surface area contributed by atoms with E-state index in [0.717, 1.165) is 5.56 Å². The van der Waals surface area contributed by atoms with E-state index in [9.17, 15) is 9.18 Å². The van der Waals surface area contributed by atoms with E-state index in [1.54, 1.807) is 13.0 Å². The summed E-state index contributed by atoms with van der Waals surface area (Å²) in [5, 5.41) is 2.63. The van der Waals surface area contributed by atoms with Crippen molar-refractivity contribution in [3.8, 4) is 0 Å². The van der Waals surface area contributed by atoms with E-state index in [2.05, 4.69) is 33.9 Å². The Bertz CT molecular complexity index is 384. The maximum Gasteiger partial charge on any atom is 0.225 e. The number of aryl methyl sites for hydroxylation is 1. The summed E-state index contributed by atoms with van der Waals surface area (Å²) in [6.07, 6.45) is 0.320. The Morgan fingerprint density at radius 2 is 2.27 bits per heavy atom. The first-order chi connectivity index (χ1) is 7.04. The van der Waals surface area contributed by atoms with Crippen LogP contribution in [0.15, 0.2) is 16.6 Å². The molecule has 1 rings (SSSR count). The van der Waals surface area contributed by atoms with Gasteiger partial charge in [-0.05, 0) is 46.3 Å². The molecule has 0 aliphatic heterocycles. The van der Waals surface area contributed by atoms with Gasteiger partial charge in [0.1, 0.15) is 5.82 Å². The van der Waals surface area contributed by atoms with Crippen molar-refractivity contribution in [2.45, 2.75) is 13.3 Å². The predicted octanol–water partition coefficient (Wildman–Crippen LogP) is 3.16. The van der Waals surface area contributed by atoms with Gasteiger partial charge in [0.2, 0.25) is 5.91 Å². The van der Waals surface area contributed by atoms with Gasteiger partial charge in [0, 0.05) is 12.1 Å². The second-order valence-electron chi connectivity index (χ2n) is 3.10. The van der Waals surface area contributed by atoms with Crippen LogP contribution >= 0.6 is 28.6 Å². The normalized spacial score (nSPS) is 10.1. The number of nitrogens with one attached hydrogen (secondary N) is 1. The fraction of sp³-hybridized carbons (Fsp3) is 0.300. The van der Waals surface area contributed by atoms with Gasteiger partial charge in [-0.2, -0.15) is 12.6 Å². The number of amides is 1. The molecule has 0 aliphatic rings. The predicted molar refractivity (Wildman–Crippen MR) is 65.9 cm³/mol. The van der Waals surface area contributed by atoms with E-state index in [-0.39, 0.29) is 11.7 Å². The Morgan fingerprint density at radius 3 is 2.87 bits per heavy atom. The number of halogens is 2. The van der Waals surface area contributed by atoms with Gasteiger partial charge < -0.3 is 5.32 Å². The van der Waals surface area contributed by atoms with Crippen molar-refractivity contribution in [2.24, 2.45) is 0 Å². The molecule has 15 heavy (non-hydrogen) atoms. The van der Waals surface area contributed by atoms with Crippen LogP contribution in [0, 0.1) is 12.7 Å². The summed E-state index contributed by atoms with van der Waals surface area (Å²) in [7, 11) is 0. The van der Waals surface area contributed by atoms with Crippen LogP contribution < -0.4 is 5.32 Å². The van der Waals surface area contributed by atoms with E-state index in [4.69, 9.17) is 0 Å². The van der Waals surface area contributed by atoms with Crippen LogP contribution in [0.5, 0.6) is 0 Å².